The van der Waals surface area contributed by atoms with Gasteiger partial charge in [0.2, 0.25) is 0 Å². The normalized spacial score (nSPS) is 15.6. The van der Waals surface area contributed by atoms with Crippen molar-refractivity contribution in [1.29, 1.82) is 0 Å². The molecule has 1 amide bonds. The molecule has 1 aliphatic heterocycles. The Morgan fingerprint density at radius 1 is 1.18 bits per heavy atom. The summed E-state index contributed by atoms with van der Waals surface area (Å²) in [5, 5.41) is 3.76. The minimum absolute atomic E-state index is 0.0697. The van der Waals surface area contributed by atoms with E-state index < -0.39 is 0 Å². The van der Waals surface area contributed by atoms with E-state index in [4.69, 9.17) is 21.1 Å². The highest BCUT2D eigenvalue weighted by molar-refractivity contribution is 6.30. The van der Waals surface area contributed by atoms with Crippen molar-refractivity contribution < 1.29 is 14.3 Å². The lowest BCUT2D eigenvalue weighted by molar-refractivity contribution is 0.0162. The Hall–Kier alpha value is -2.34. The average molecular weight is 401 g/mol. The number of halogens is 1. The largest absolute Gasteiger partial charge is 0.490 e. The first kappa shape index (κ1) is 20.4. The van der Waals surface area contributed by atoms with Gasteiger partial charge in [0.25, 0.3) is 5.91 Å². The lowest BCUT2D eigenvalue weighted by atomic mass is 10.0. The topological polar surface area (TPSA) is 50.8 Å². The van der Waals surface area contributed by atoms with Gasteiger partial charge in [0.15, 0.2) is 0 Å². The molecule has 1 unspecified atom stereocenters. The van der Waals surface area contributed by atoms with Crippen LogP contribution in [0.4, 0.5) is 0 Å². The summed E-state index contributed by atoms with van der Waals surface area (Å²) in [6, 6.07) is 15.0. The minimum Gasteiger partial charge on any atom is -0.490 e. The van der Waals surface area contributed by atoms with Gasteiger partial charge >= 0.3 is 0 Å². The van der Waals surface area contributed by atoms with Crippen LogP contribution in [0.25, 0.3) is 0 Å². The molecule has 1 N–H and O–H groups in total. The zero-order valence-corrected chi connectivity index (χ0v) is 16.5. The van der Waals surface area contributed by atoms with Crippen LogP contribution in [0, 0.1) is 0 Å². The van der Waals surface area contributed by atoms with Crippen molar-refractivity contribution in [3.05, 3.63) is 77.3 Å². The Kier molecular flexibility index (Phi) is 7.48. The van der Waals surface area contributed by atoms with Crippen molar-refractivity contribution in [2.24, 2.45) is 0 Å². The SMILES string of the molecule is C=CCOc1ccc(C(=O)NCC(c2ccc(Cl)cc2)N2CCOCC2)cc1. The molecule has 1 atom stereocenters. The zero-order valence-electron chi connectivity index (χ0n) is 15.8. The summed E-state index contributed by atoms with van der Waals surface area (Å²) in [5.74, 6) is 0.603. The number of hydrogen-bond acceptors (Lipinski definition) is 4. The molecular weight excluding hydrogens is 376 g/mol. The van der Waals surface area contributed by atoms with Crippen LogP contribution in [0.5, 0.6) is 5.75 Å². The van der Waals surface area contributed by atoms with Gasteiger partial charge in [-0.25, -0.2) is 0 Å². The third-order valence-corrected chi connectivity index (χ3v) is 4.93. The summed E-state index contributed by atoms with van der Waals surface area (Å²) < 4.78 is 10.9. The van der Waals surface area contributed by atoms with Crippen LogP contribution in [0.2, 0.25) is 5.02 Å². The number of benzene rings is 2. The van der Waals surface area contributed by atoms with Crippen LogP contribution < -0.4 is 10.1 Å². The molecule has 2 aromatic carbocycles. The van der Waals surface area contributed by atoms with Crippen LogP contribution in [0.1, 0.15) is 22.0 Å². The molecule has 28 heavy (non-hydrogen) atoms. The molecule has 0 aromatic heterocycles. The fourth-order valence-corrected chi connectivity index (χ4v) is 3.31. The molecule has 0 bridgehead atoms. The first-order valence-electron chi connectivity index (χ1n) is 9.36. The quantitative estimate of drug-likeness (QED) is 0.686. The van der Waals surface area contributed by atoms with E-state index in [-0.39, 0.29) is 11.9 Å². The molecule has 3 rings (SSSR count). The van der Waals surface area contributed by atoms with Crippen LogP contribution in [0.3, 0.4) is 0 Å². The first-order valence-corrected chi connectivity index (χ1v) is 9.74. The third-order valence-electron chi connectivity index (χ3n) is 4.68. The second-order valence-electron chi connectivity index (χ2n) is 6.55. The predicted octanol–water partition coefficient (Wildman–Crippen LogP) is 3.71. The monoisotopic (exact) mass is 400 g/mol. The maximum atomic E-state index is 12.6. The zero-order chi connectivity index (χ0) is 19.8. The summed E-state index contributed by atoms with van der Waals surface area (Å²) in [6.45, 7) is 7.63. The molecule has 148 valence electrons. The average Bonchev–Trinajstić information content (AvgIpc) is 2.74. The van der Waals surface area contributed by atoms with Crippen LogP contribution in [-0.2, 0) is 4.74 Å². The molecule has 2 aromatic rings. The Bertz CT molecular complexity index is 771. The van der Waals surface area contributed by atoms with E-state index in [1.165, 1.54) is 0 Å². The van der Waals surface area contributed by atoms with E-state index in [9.17, 15) is 4.79 Å². The van der Waals surface area contributed by atoms with Crippen molar-refractivity contribution in [2.75, 3.05) is 39.5 Å². The van der Waals surface area contributed by atoms with E-state index in [1.54, 1.807) is 30.3 Å². The van der Waals surface area contributed by atoms with Crippen molar-refractivity contribution >= 4 is 17.5 Å². The standard InChI is InChI=1S/C22H25ClN2O3/c1-2-13-28-20-9-5-18(6-10-20)22(26)24-16-21(25-11-14-27-15-12-25)17-3-7-19(23)8-4-17/h2-10,21H,1,11-16H2,(H,24,26). The second kappa shape index (κ2) is 10.3. The summed E-state index contributed by atoms with van der Waals surface area (Å²) in [4.78, 5) is 14.9. The number of rotatable bonds is 8. The molecule has 1 saturated heterocycles. The number of nitrogens with zero attached hydrogens (tertiary/aromatic N) is 1. The van der Waals surface area contributed by atoms with Gasteiger partial charge in [-0.1, -0.05) is 36.4 Å². The smallest absolute Gasteiger partial charge is 0.251 e. The molecule has 0 radical (unpaired) electrons. The number of carbonyl (C=O) groups is 1. The number of hydrogen-bond donors (Lipinski definition) is 1. The fraction of sp³-hybridized carbons (Fsp3) is 0.318. The lowest BCUT2D eigenvalue weighted by Gasteiger charge is -2.35. The van der Waals surface area contributed by atoms with Gasteiger partial charge in [-0.05, 0) is 42.0 Å². The molecule has 0 saturated carbocycles. The van der Waals surface area contributed by atoms with E-state index in [2.05, 4.69) is 16.8 Å². The fourth-order valence-electron chi connectivity index (χ4n) is 3.18. The Morgan fingerprint density at radius 3 is 2.50 bits per heavy atom. The van der Waals surface area contributed by atoms with Crippen molar-refractivity contribution in [1.82, 2.24) is 10.2 Å². The highest BCUT2D eigenvalue weighted by atomic mass is 35.5. The van der Waals surface area contributed by atoms with Gasteiger partial charge in [0.05, 0.1) is 19.3 Å². The molecule has 0 spiro atoms. The number of morpholine rings is 1. The summed E-state index contributed by atoms with van der Waals surface area (Å²) in [7, 11) is 0. The molecular formula is C22H25ClN2O3. The number of amides is 1. The van der Waals surface area contributed by atoms with E-state index >= 15 is 0 Å². The van der Waals surface area contributed by atoms with Crippen LogP contribution >= 0.6 is 11.6 Å². The highest BCUT2D eigenvalue weighted by Gasteiger charge is 2.23. The molecule has 1 heterocycles. The van der Waals surface area contributed by atoms with Gasteiger partial charge in [-0.15, -0.1) is 0 Å². The lowest BCUT2D eigenvalue weighted by Crippen LogP contribution is -2.43. The van der Waals surface area contributed by atoms with Crippen LogP contribution in [-0.4, -0.2) is 50.3 Å². The molecule has 0 aliphatic carbocycles. The van der Waals surface area contributed by atoms with Crippen molar-refractivity contribution in [3.63, 3.8) is 0 Å². The number of ether oxygens (including phenoxy) is 2. The molecule has 5 nitrogen and oxygen atoms in total. The van der Waals surface area contributed by atoms with Gasteiger partial charge in [0, 0.05) is 30.2 Å². The van der Waals surface area contributed by atoms with Crippen molar-refractivity contribution in [2.45, 2.75) is 6.04 Å². The maximum absolute atomic E-state index is 12.6. The van der Waals surface area contributed by atoms with Gasteiger partial charge in [-0.3, -0.25) is 9.69 Å². The summed E-state index contributed by atoms with van der Waals surface area (Å²) in [5.41, 5.74) is 1.72. The van der Waals surface area contributed by atoms with Crippen LogP contribution in [0.15, 0.2) is 61.2 Å². The van der Waals surface area contributed by atoms with E-state index in [0.29, 0.717) is 42.7 Å². The van der Waals surface area contributed by atoms with Crippen molar-refractivity contribution in [3.8, 4) is 5.75 Å². The second-order valence-corrected chi connectivity index (χ2v) is 6.99. The van der Waals surface area contributed by atoms with Gasteiger partial charge < -0.3 is 14.8 Å². The number of nitrogens with one attached hydrogen (secondary N) is 1. The first-order chi connectivity index (χ1) is 13.7. The van der Waals surface area contributed by atoms with E-state index in [0.717, 1.165) is 18.7 Å². The van der Waals surface area contributed by atoms with E-state index in [1.807, 2.05) is 24.3 Å². The summed E-state index contributed by atoms with van der Waals surface area (Å²) in [6.07, 6.45) is 1.68. The van der Waals surface area contributed by atoms with Gasteiger partial charge in [0.1, 0.15) is 12.4 Å². The highest BCUT2D eigenvalue weighted by Crippen LogP contribution is 2.23. The molecule has 1 fully saturated rings. The number of carbonyl (C=O) groups excluding carboxylic acids is 1. The predicted molar refractivity (Wildman–Crippen MR) is 111 cm³/mol. The van der Waals surface area contributed by atoms with Gasteiger partial charge in [-0.2, -0.15) is 0 Å². The minimum atomic E-state index is -0.109. The summed E-state index contributed by atoms with van der Waals surface area (Å²) >= 11 is 6.04. The molecule has 1 aliphatic rings. The maximum Gasteiger partial charge on any atom is 0.251 e. The Labute approximate surface area is 170 Å². The Morgan fingerprint density at radius 2 is 1.86 bits per heavy atom. The Balaban J connectivity index is 1.65. The molecule has 6 heteroatoms. The third kappa shape index (κ3) is 5.58.